The maximum atomic E-state index is 12.5. The third kappa shape index (κ3) is 2.17. The fourth-order valence-corrected chi connectivity index (χ4v) is 3.06. The Bertz CT molecular complexity index is 814. The first kappa shape index (κ1) is 13.1. The summed E-state index contributed by atoms with van der Waals surface area (Å²) in [4.78, 5) is 16.9. The maximum Gasteiger partial charge on any atom is 0.166 e. The van der Waals surface area contributed by atoms with Gasteiger partial charge in [-0.2, -0.15) is 0 Å². The Morgan fingerprint density at radius 2 is 2.05 bits per heavy atom. The van der Waals surface area contributed by atoms with E-state index in [2.05, 4.69) is 10.3 Å². The van der Waals surface area contributed by atoms with E-state index in [4.69, 9.17) is 4.42 Å². The number of nitrogens with zero attached hydrogens (tertiary/aromatic N) is 1. The minimum atomic E-state index is 0.0890. The van der Waals surface area contributed by atoms with Gasteiger partial charge in [0.25, 0.3) is 0 Å². The number of ketones is 1. The first-order valence-corrected chi connectivity index (χ1v) is 7.43. The molecule has 1 aliphatic heterocycles. The topological polar surface area (TPSA) is 54.6 Å². The van der Waals surface area contributed by atoms with Gasteiger partial charge < -0.3 is 9.73 Å². The van der Waals surface area contributed by atoms with Gasteiger partial charge in [-0.3, -0.25) is 9.79 Å². The molecule has 110 valence electrons. The molecule has 4 rings (SSSR count). The SMILES string of the molecule is Cc1ccc([C@H]2CC(=O)C3=C(C2)Nc2ccccc2N=C3)o1. The Morgan fingerprint density at radius 3 is 2.86 bits per heavy atom. The van der Waals surface area contributed by atoms with Crippen LogP contribution in [0.1, 0.15) is 30.3 Å². The molecule has 2 aliphatic rings. The molecule has 0 spiro atoms. The van der Waals surface area contributed by atoms with Crippen LogP contribution < -0.4 is 5.32 Å². The molecule has 0 unspecified atom stereocenters. The van der Waals surface area contributed by atoms with Crippen molar-refractivity contribution in [3.05, 3.63) is 59.2 Å². The zero-order valence-electron chi connectivity index (χ0n) is 12.3. The van der Waals surface area contributed by atoms with Gasteiger partial charge in [0, 0.05) is 24.3 Å². The predicted molar refractivity (Wildman–Crippen MR) is 85.7 cm³/mol. The molecular formula is C18H16N2O2. The van der Waals surface area contributed by atoms with E-state index >= 15 is 0 Å². The van der Waals surface area contributed by atoms with E-state index in [-0.39, 0.29) is 11.7 Å². The Labute approximate surface area is 128 Å². The molecule has 4 nitrogen and oxygen atoms in total. The van der Waals surface area contributed by atoms with E-state index < -0.39 is 0 Å². The average Bonchev–Trinajstić information content (AvgIpc) is 2.85. The van der Waals surface area contributed by atoms with Gasteiger partial charge in [0.2, 0.25) is 0 Å². The Morgan fingerprint density at radius 1 is 1.18 bits per heavy atom. The summed E-state index contributed by atoms with van der Waals surface area (Å²) >= 11 is 0. The summed E-state index contributed by atoms with van der Waals surface area (Å²) in [6.07, 6.45) is 2.92. The highest BCUT2D eigenvalue weighted by Gasteiger charge is 2.30. The second-order valence-corrected chi connectivity index (χ2v) is 5.77. The van der Waals surface area contributed by atoms with Crippen molar-refractivity contribution < 1.29 is 9.21 Å². The lowest BCUT2D eigenvalue weighted by Crippen LogP contribution is -2.21. The van der Waals surface area contributed by atoms with Crippen LogP contribution in [0.4, 0.5) is 11.4 Å². The first-order valence-electron chi connectivity index (χ1n) is 7.43. The number of aliphatic imine (C=N–C) groups is 1. The first-order chi connectivity index (χ1) is 10.7. The number of allylic oxidation sites excluding steroid dienone is 2. The normalized spacial score (nSPS) is 20.2. The van der Waals surface area contributed by atoms with Crippen LogP contribution in [0.3, 0.4) is 0 Å². The number of para-hydroxylation sites is 2. The monoisotopic (exact) mass is 292 g/mol. The number of hydrogen-bond donors (Lipinski definition) is 1. The number of carbonyl (C=O) groups is 1. The smallest absolute Gasteiger partial charge is 0.166 e. The van der Waals surface area contributed by atoms with Crippen molar-refractivity contribution in [3.8, 4) is 0 Å². The Kier molecular flexibility index (Phi) is 2.96. The molecule has 0 fully saturated rings. The molecule has 22 heavy (non-hydrogen) atoms. The molecule has 0 saturated carbocycles. The molecule has 1 aliphatic carbocycles. The van der Waals surface area contributed by atoms with Crippen LogP contribution in [0, 0.1) is 6.92 Å². The van der Waals surface area contributed by atoms with E-state index in [9.17, 15) is 4.79 Å². The highest BCUT2D eigenvalue weighted by Crippen LogP contribution is 2.38. The molecule has 1 N–H and O–H groups in total. The van der Waals surface area contributed by atoms with Crippen LogP contribution in [0.5, 0.6) is 0 Å². The van der Waals surface area contributed by atoms with Gasteiger partial charge in [0.1, 0.15) is 11.5 Å². The largest absolute Gasteiger partial charge is 0.466 e. The molecule has 0 radical (unpaired) electrons. The second-order valence-electron chi connectivity index (χ2n) is 5.77. The van der Waals surface area contributed by atoms with Gasteiger partial charge in [-0.15, -0.1) is 0 Å². The van der Waals surface area contributed by atoms with Crippen LogP contribution in [-0.4, -0.2) is 12.0 Å². The number of benzene rings is 1. The third-order valence-corrected chi connectivity index (χ3v) is 4.19. The van der Waals surface area contributed by atoms with Crippen LogP contribution in [-0.2, 0) is 4.79 Å². The van der Waals surface area contributed by atoms with Crippen molar-refractivity contribution in [2.75, 3.05) is 5.32 Å². The Balaban J connectivity index is 1.71. The molecule has 4 heteroatoms. The van der Waals surface area contributed by atoms with Crippen LogP contribution in [0.25, 0.3) is 0 Å². The number of aryl methyl sites for hydroxylation is 1. The van der Waals surface area contributed by atoms with Crippen molar-refractivity contribution >= 4 is 23.4 Å². The van der Waals surface area contributed by atoms with Crippen molar-refractivity contribution in [3.63, 3.8) is 0 Å². The van der Waals surface area contributed by atoms with Gasteiger partial charge >= 0.3 is 0 Å². The van der Waals surface area contributed by atoms with Crippen molar-refractivity contribution in [1.29, 1.82) is 0 Å². The fraction of sp³-hybridized carbons (Fsp3) is 0.222. The van der Waals surface area contributed by atoms with E-state index in [0.717, 1.165) is 35.0 Å². The van der Waals surface area contributed by atoms with Gasteiger partial charge in [0.05, 0.1) is 16.9 Å². The molecule has 2 heterocycles. The number of carbonyl (C=O) groups excluding carboxylic acids is 1. The minimum absolute atomic E-state index is 0.0890. The molecule has 2 aromatic rings. The van der Waals surface area contributed by atoms with E-state index in [1.807, 2.05) is 43.3 Å². The second kappa shape index (κ2) is 4.98. The number of hydrogen-bond acceptors (Lipinski definition) is 4. The van der Waals surface area contributed by atoms with Crippen LogP contribution >= 0.6 is 0 Å². The highest BCUT2D eigenvalue weighted by molar-refractivity contribution is 6.16. The molecule has 0 bridgehead atoms. The summed E-state index contributed by atoms with van der Waals surface area (Å²) in [5.74, 6) is 1.96. The number of rotatable bonds is 1. The minimum Gasteiger partial charge on any atom is -0.466 e. The van der Waals surface area contributed by atoms with Crippen molar-refractivity contribution in [1.82, 2.24) is 0 Å². The molecular weight excluding hydrogens is 276 g/mol. The fourth-order valence-electron chi connectivity index (χ4n) is 3.06. The summed E-state index contributed by atoms with van der Waals surface area (Å²) in [6.45, 7) is 1.92. The number of furan rings is 1. The lowest BCUT2D eigenvalue weighted by Gasteiger charge is -2.23. The quantitative estimate of drug-likeness (QED) is 0.860. The van der Waals surface area contributed by atoms with Gasteiger partial charge in [0.15, 0.2) is 5.78 Å². The molecule has 1 aromatic heterocycles. The summed E-state index contributed by atoms with van der Waals surface area (Å²) in [5, 5.41) is 3.39. The predicted octanol–water partition coefficient (Wildman–Crippen LogP) is 4.12. The van der Waals surface area contributed by atoms with Crippen LogP contribution in [0.15, 0.2) is 57.1 Å². The van der Waals surface area contributed by atoms with E-state index in [1.165, 1.54) is 0 Å². The summed E-state index contributed by atoms with van der Waals surface area (Å²) in [7, 11) is 0. The molecule has 0 saturated heterocycles. The molecule has 1 atom stereocenters. The maximum absolute atomic E-state index is 12.5. The lowest BCUT2D eigenvalue weighted by atomic mass is 9.85. The number of fused-ring (bicyclic) bond motifs is 1. The van der Waals surface area contributed by atoms with Crippen molar-refractivity contribution in [2.24, 2.45) is 4.99 Å². The summed E-state index contributed by atoms with van der Waals surface area (Å²) < 4.78 is 5.72. The molecule has 0 amide bonds. The van der Waals surface area contributed by atoms with Crippen molar-refractivity contribution in [2.45, 2.75) is 25.7 Å². The number of Topliss-reactive ketones (excluding diaryl/α,β-unsaturated/α-hetero) is 1. The summed E-state index contributed by atoms with van der Waals surface area (Å²) in [5.41, 5.74) is 3.42. The lowest BCUT2D eigenvalue weighted by molar-refractivity contribution is -0.115. The standard InChI is InChI=1S/C18H16N2O2/c1-11-6-7-18(22-11)12-8-16-13(17(21)9-12)10-19-14-4-2-3-5-15(14)20-16/h2-7,10,12,20H,8-9H2,1H3/t12-/m1/s1. The average molecular weight is 292 g/mol. The number of anilines is 1. The Hall–Kier alpha value is -2.62. The molecule has 1 aromatic carbocycles. The zero-order valence-corrected chi connectivity index (χ0v) is 12.3. The highest BCUT2D eigenvalue weighted by atomic mass is 16.3. The van der Waals surface area contributed by atoms with E-state index in [1.54, 1.807) is 6.21 Å². The van der Waals surface area contributed by atoms with E-state index in [0.29, 0.717) is 12.0 Å². The van der Waals surface area contributed by atoms with Crippen LogP contribution in [0.2, 0.25) is 0 Å². The number of nitrogens with one attached hydrogen (secondary N) is 1. The third-order valence-electron chi connectivity index (χ3n) is 4.19. The van der Waals surface area contributed by atoms with Gasteiger partial charge in [-0.1, -0.05) is 12.1 Å². The zero-order chi connectivity index (χ0) is 15.1. The van der Waals surface area contributed by atoms with Gasteiger partial charge in [-0.25, -0.2) is 0 Å². The van der Waals surface area contributed by atoms with Gasteiger partial charge in [-0.05, 0) is 37.6 Å². The summed E-state index contributed by atoms with van der Waals surface area (Å²) in [6, 6.07) is 11.7.